The Morgan fingerprint density at radius 2 is 2.15 bits per heavy atom. The molecule has 2 aromatic heterocycles. The molecule has 9 nitrogen and oxygen atoms in total. The molecule has 0 saturated carbocycles. The SMILES string of the molecule is CCCNC(=O)N1CCn2nc(CN3Cc4nc(C)[nH]c(=O)c4C3)cc2C1. The predicted octanol–water partition coefficient (Wildman–Crippen LogP) is 0.726. The lowest BCUT2D eigenvalue weighted by atomic mass is 10.2. The van der Waals surface area contributed by atoms with Gasteiger partial charge in [0.15, 0.2) is 0 Å². The van der Waals surface area contributed by atoms with Crippen LogP contribution >= 0.6 is 0 Å². The molecule has 9 heteroatoms. The van der Waals surface area contributed by atoms with Crippen LogP contribution in [-0.4, -0.2) is 48.7 Å². The van der Waals surface area contributed by atoms with E-state index in [0.717, 1.165) is 29.1 Å². The molecular weight excluding hydrogens is 346 g/mol. The van der Waals surface area contributed by atoms with Crippen LogP contribution in [0.3, 0.4) is 0 Å². The molecule has 2 aliphatic rings. The van der Waals surface area contributed by atoms with Crippen molar-refractivity contribution < 1.29 is 4.79 Å². The number of urea groups is 1. The molecule has 0 radical (unpaired) electrons. The third-order valence-corrected chi connectivity index (χ3v) is 5.02. The van der Waals surface area contributed by atoms with Gasteiger partial charge in [0.05, 0.1) is 35.7 Å². The van der Waals surface area contributed by atoms with Crippen LogP contribution < -0.4 is 10.9 Å². The second kappa shape index (κ2) is 7.15. The summed E-state index contributed by atoms with van der Waals surface area (Å²) >= 11 is 0. The first-order valence-corrected chi connectivity index (χ1v) is 9.43. The number of nitrogens with zero attached hydrogens (tertiary/aromatic N) is 5. The average molecular weight is 371 g/mol. The molecule has 144 valence electrons. The molecule has 2 aromatic rings. The maximum atomic E-state index is 12.2. The van der Waals surface area contributed by atoms with Crippen LogP contribution in [0.25, 0.3) is 0 Å². The highest BCUT2D eigenvalue weighted by molar-refractivity contribution is 5.74. The van der Waals surface area contributed by atoms with Gasteiger partial charge < -0.3 is 15.2 Å². The number of hydrogen-bond donors (Lipinski definition) is 2. The number of hydrogen-bond acceptors (Lipinski definition) is 5. The highest BCUT2D eigenvalue weighted by Crippen LogP contribution is 2.21. The molecule has 0 aliphatic carbocycles. The fourth-order valence-corrected chi connectivity index (χ4v) is 3.71. The molecule has 4 heterocycles. The van der Waals surface area contributed by atoms with E-state index in [4.69, 9.17) is 0 Å². The maximum Gasteiger partial charge on any atom is 0.317 e. The van der Waals surface area contributed by atoms with E-state index in [-0.39, 0.29) is 11.6 Å². The van der Waals surface area contributed by atoms with Gasteiger partial charge in [-0.25, -0.2) is 9.78 Å². The van der Waals surface area contributed by atoms with Gasteiger partial charge in [0.25, 0.3) is 5.56 Å². The van der Waals surface area contributed by atoms with Gasteiger partial charge in [0, 0.05) is 32.7 Å². The van der Waals surface area contributed by atoms with Gasteiger partial charge in [0.2, 0.25) is 0 Å². The monoisotopic (exact) mass is 371 g/mol. The molecule has 0 saturated heterocycles. The fourth-order valence-electron chi connectivity index (χ4n) is 3.71. The van der Waals surface area contributed by atoms with Crippen LogP contribution in [0.1, 0.15) is 41.8 Å². The van der Waals surface area contributed by atoms with Crippen molar-refractivity contribution >= 4 is 6.03 Å². The second-order valence-corrected chi connectivity index (χ2v) is 7.23. The van der Waals surface area contributed by atoms with E-state index < -0.39 is 0 Å². The number of carbonyl (C=O) groups is 1. The molecule has 0 atom stereocenters. The zero-order valence-corrected chi connectivity index (χ0v) is 15.8. The minimum absolute atomic E-state index is 0.0125. The maximum absolute atomic E-state index is 12.2. The van der Waals surface area contributed by atoms with Gasteiger partial charge in [-0.3, -0.25) is 14.4 Å². The van der Waals surface area contributed by atoms with E-state index in [2.05, 4.69) is 31.3 Å². The van der Waals surface area contributed by atoms with Crippen LogP contribution in [0.15, 0.2) is 10.9 Å². The zero-order valence-electron chi connectivity index (χ0n) is 15.8. The van der Waals surface area contributed by atoms with Crippen molar-refractivity contribution in [3.05, 3.63) is 44.9 Å². The number of aromatic amines is 1. The highest BCUT2D eigenvalue weighted by Gasteiger charge is 2.26. The summed E-state index contributed by atoms with van der Waals surface area (Å²) in [4.78, 5) is 35.5. The van der Waals surface area contributed by atoms with E-state index >= 15 is 0 Å². The number of amides is 2. The lowest BCUT2D eigenvalue weighted by Crippen LogP contribution is -2.44. The van der Waals surface area contributed by atoms with Crippen molar-refractivity contribution in [2.45, 2.75) is 53.0 Å². The topological polar surface area (TPSA) is 99.2 Å². The third-order valence-electron chi connectivity index (χ3n) is 5.02. The molecule has 0 unspecified atom stereocenters. The number of H-pyrrole nitrogens is 1. The minimum Gasteiger partial charge on any atom is -0.338 e. The Labute approximate surface area is 157 Å². The van der Waals surface area contributed by atoms with E-state index in [0.29, 0.717) is 51.6 Å². The Morgan fingerprint density at radius 1 is 1.30 bits per heavy atom. The standard InChI is InChI=1S/C18H25N7O2/c1-3-4-19-18(27)24-5-6-25-14(9-24)7-13(22-25)8-23-10-15-16(11-23)20-12(2)21-17(15)26/h7H,3-6,8-11H2,1-2H3,(H,19,27)(H,20,21,26). The van der Waals surface area contributed by atoms with Crippen molar-refractivity contribution in [1.82, 2.24) is 34.9 Å². The van der Waals surface area contributed by atoms with Gasteiger partial charge in [-0.05, 0) is 19.4 Å². The summed E-state index contributed by atoms with van der Waals surface area (Å²) < 4.78 is 1.98. The van der Waals surface area contributed by atoms with Crippen LogP contribution in [0.2, 0.25) is 0 Å². The summed E-state index contributed by atoms with van der Waals surface area (Å²) in [7, 11) is 0. The van der Waals surface area contributed by atoms with Gasteiger partial charge in [-0.2, -0.15) is 5.10 Å². The molecule has 2 N–H and O–H groups in total. The Kier molecular flexibility index (Phi) is 4.69. The quantitative estimate of drug-likeness (QED) is 0.825. The average Bonchev–Trinajstić information content (AvgIpc) is 3.22. The van der Waals surface area contributed by atoms with Crippen LogP contribution in [0.5, 0.6) is 0 Å². The Balaban J connectivity index is 1.41. The first kappa shape index (κ1) is 17.7. The molecule has 0 spiro atoms. The summed E-state index contributed by atoms with van der Waals surface area (Å²) in [6, 6.07) is 2.05. The van der Waals surface area contributed by atoms with Crippen LogP contribution in [-0.2, 0) is 32.7 Å². The largest absolute Gasteiger partial charge is 0.338 e. The fraction of sp³-hybridized carbons (Fsp3) is 0.556. The van der Waals surface area contributed by atoms with Gasteiger partial charge >= 0.3 is 6.03 Å². The Bertz CT molecular complexity index is 917. The second-order valence-electron chi connectivity index (χ2n) is 7.23. The smallest absolute Gasteiger partial charge is 0.317 e. The molecule has 4 rings (SSSR count). The first-order chi connectivity index (χ1) is 13.0. The third kappa shape index (κ3) is 3.59. The number of carbonyl (C=O) groups excluding carboxylic acids is 1. The number of rotatable bonds is 4. The number of aryl methyl sites for hydroxylation is 1. The van der Waals surface area contributed by atoms with Gasteiger partial charge in [0.1, 0.15) is 5.82 Å². The molecule has 0 fully saturated rings. The summed E-state index contributed by atoms with van der Waals surface area (Å²) in [5, 5.41) is 7.61. The van der Waals surface area contributed by atoms with Crippen molar-refractivity contribution in [3.8, 4) is 0 Å². The van der Waals surface area contributed by atoms with Gasteiger partial charge in [-0.15, -0.1) is 0 Å². The van der Waals surface area contributed by atoms with E-state index in [1.54, 1.807) is 6.92 Å². The molecular formula is C18H25N7O2. The molecule has 0 bridgehead atoms. The van der Waals surface area contributed by atoms with Crippen molar-refractivity contribution in [3.63, 3.8) is 0 Å². The lowest BCUT2D eigenvalue weighted by Gasteiger charge is -2.27. The van der Waals surface area contributed by atoms with Gasteiger partial charge in [-0.1, -0.05) is 6.92 Å². The summed E-state index contributed by atoms with van der Waals surface area (Å²) in [6.45, 7) is 8.39. The van der Waals surface area contributed by atoms with Crippen molar-refractivity contribution in [1.29, 1.82) is 0 Å². The zero-order chi connectivity index (χ0) is 19.0. The lowest BCUT2D eigenvalue weighted by molar-refractivity contribution is 0.181. The Hall–Kier alpha value is -2.68. The molecule has 2 amide bonds. The molecule has 27 heavy (non-hydrogen) atoms. The normalized spacial score (nSPS) is 16.3. The highest BCUT2D eigenvalue weighted by atomic mass is 16.2. The molecule has 0 aromatic carbocycles. The van der Waals surface area contributed by atoms with Crippen molar-refractivity contribution in [2.75, 3.05) is 13.1 Å². The van der Waals surface area contributed by atoms with Crippen LogP contribution in [0, 0.1) is 6.92 Å². The Morgan fingerprint density at radius 3 is 2.96 bits per heavy atom. The number of nitrogens with one attached hydrogen (secondary N) is 2. The summed E-state index contributed by atoms with van der Waals surface area (Å²) in [6.07, 6.45) is 0.928. The predicted molar refractivity (Wildman–Crippen MR) is 98.9 cm³/mol. The summed E-state index contributed by atoms with van der Waals surface area (Å²) in [5.41, 5.74) is 3.58. The van der Waals surface area contributed by atoms with Crippen LogP contribution in [0.4, 0.5) is 4.79 Å². The minimum atomic E-state index is -0.0436. The first-order valence-electron chi connectivity index (χ1n) is 9.43. The van der Waals surface area contributed by atoms with E-state index in [1.165, 1.54) is 0 Å². The molecule has 2 aliphatic heterocycles. The van der Waals surface area contributed by atoms with E-state index in [1.807, 2.05) is 16.5 Å². The number of aromatic nitrogens is 4. The summed E-state index contributed by atoms with van der Waals surface area (Å²) in [5.74, 6) is 0.652. The van der Waals surface area contributed by atoms with Crippen molar-refractivity contribution in [2.24, 2.45) is 0 Å². The number of fused-ring (bicyclic) bond motifs is 2. The van der Waals surface area contributed by atoms with E-state index in [9.17, 15) is 9.59 Å².